The molecular formula is C28H26F4N6O2S. The van der Waals surface area contributed by atoms with E-state index in [9.17, 15) is 18.0 Å². The van der Waals surface area contributed by atoms with E-state index in [1.54, 1.807) is 13.1 Å². The molecule has 214 valence electrons. The van der Waals surface area contributed by atoms with Crippen LogP contribution in [-0.4, -0.2) is 40.4 Å². The van der Waals surface area contributed by atoms with Gasteiger partial charge in [-0.15, -0.1) is 13.2 Å². The Bertz CT molecular complexity index is 1620. The standard InChI is InChI=1S/C28H26F4N6O2S/c1-16(2)20-7-5-6-8-22(20)34-27(41)35-33-15-17-13-21(29)24-23(14-17)38(4)36-25(24)26(39)37(3)18-9-11-19(12-10-18)40-28(30,31)32/h5-16H,1-4H3,(H2,34,35,41)/b33-15+. The normalized spacial score (nSPS) is 11.7. The van der Waals surface area contributed by atoms with E-state index in [0.29, 0.717) is 11.1 Å². The lowest BCUT2D eigenvalue weighted by molar-refractivity contribution is -0.274. The minimum Gasteiger partial charge on any atom is -0.406 e. The predicted molar refractivity (Wildman–Crippen MR) is 154 cm³/mol. The number of carbonyl (C=O) groups excluding carboxylic acids is 1. The lowest BCUT2D eigenvalue weighted by Crippen LogP contribution is -2.27. The van der Waals surface area contributed by atoms with Crippen molar-refractivity contribution in [2.45, 2.75) is 26.1 Å². The van der Waals surface area contributed by atoms with Crippen LogP contribution in [0.1, 0.15) is 41.4 Å². The highest BCUT2D eigenvalue weighted by atomic mass is 32.1. The van der Waals surface area contributed by atoms with Gasteiger partial charge in [-0.1, -0.05) is 32.0 Å². The number of nitrogens with zero attached hydrogens (tertiary/aromatic N) is 4. The third kappa shape index (κ3) is 6.98. The van der Waals surface area contributed by atoms with Crippen molar-refractivity contribution in [3.8, 4) is 5.75 Å². The molecule has 13 heteroatoms. The van der Waals surface area contributed by atoms with E-state index < -0.39 is 23.8 Å². The number of para-hydroxylation sites is 1. The van der Waals surface area contributed by atoms with E-state index in [1.807, 2.05) is 24.3 Å². The number of ether oxygens (including phenoxy) is 1. The zero-order valence-corrected chi connectivity index (χ0v) is 23.3. The second-order valence-corrected chi connectivity index (χ2v) is 9.75. The number of aryl methyl sites for hydroxylation is 1. The largest absolute Gasteiger partial charge is 0.573 e. The minimum atomic E-state index is -4.84. The van der Waals surface area contributed by atoms with Crippen LogP contribution >= 0.6 is 12.2 Å². The molecule has 1 heterocycles. The summed E-state index contributed by atoms with van der Waals surface area (Å²) in [7, 11) is 2.97. The topological polar surface area (TPSA) is 83.8 Å². The van der Waals surface area contributed by atoms with Gasteiger partial charge in [-0.25, -0.2) is 4.39 Å². The van der Waals surface area contributed by atoms with E-state index in [1.165, 1.54) is 36.1 Å². The molecule has 1 amide bonds. The summed E-state index contributed by atoms with van der Waals surface area (Å²) in [6, 6.07) is 15.3. The van der Waals surface area contributed by atoms with Gasteiger partial charge in [-0.3, -0.25) is 14.9 Å². The van der Waals surface area contributed by atoms with Gasteiger partial charge in [0.25, 0.3) is 5.91 Å². The van der Waals surface area contributed by atoms with Crippen molar-refractivity contribution in [1.82, 2.24) is 15.2 Å². The molecule has 1 aromatic heterocycles. The number of benzene rings is 3. The van der Waals surface area contributed by atoms with Crippen LogP contribution in [0.3, 0.4) is 0 Å². The number of carbonyl (C=O) groups is 1. The number of amides is 1. The quantitative estimate of drug-likeness (QED) is 0.114. The van der Waals surface area contributed by atoms with Crippen LogP contribution in [0, 0.1) is 5.82 Å². The van der Waals surface area contributed by atoms with Gasteiger partial charge in [0, 0.05) is 25.5 Å². The Hall–Kier alpha value is -4.52. The van der Waals surface area contributed by atoms with E-state index in [4.69, 9.17) is 12.2 Å². The number of aromatic nitrogens is 2. The summed E-state index contributed by atoms with van der Waals surface area (Å²) in [6.45, 7) is 4.15. The van der Waals surface area contributed by atoms with Gasteiger partial charge in [0.05, 0.1) is 17.1 Å². The van der Waals surface area contributed by atoms with Crippen LogP contribution in [0.5, 0.6) is 5.75 Å². The molecule has 8 nitrogen and oxygen atoms in total. The number of fused-ring (bicyclic) bond motifs is 1. The number of nitrogens with one attached hydrogen (secondary N) is 2. The summed E-state index contributed by atoms with van der Waals surface area (Å²) in [6.07, 6.45) is -3.45. The Morgan fingerprint density at radius 1 is 1.15 bits per heavy atom. The fourth-order valence-corrected chi connectivity index (χ4v) is 4.32. The van der Waals surface area contributed by atoms with Gasteiger partial charge in [0.15, 0.2) is 10.8 Å². The van der Waals surface area contributed by atoms with E-state index in [2.05, 4.69) is 39.5 Å². The Morgan fingerprint density at radius 2 is 1.83 bits per heavy atom. The molecule has 4 aromatic rings. The number of alkyl halides is 3. The Morgan fingerprint density at radius 3 is 2.49 bits per heavy atom. The molecule has 0 fully saturated rings. The summed E-state index contributed by atoms with van der Waals surface area (Å²) >= 11 is 5.32. The number of rotatable bonds is 7. The van der Waals surface area contributed by atoms with Crippen molar-refractivity contribution in [1.29, 1.82) is 0 Å². The molecule has 0 aliphatic carbocycles. The number of hydrazone groups is 1. The van der Waals surface area contributed by atoms with E-state index in [0.717, 1.165) is 28.3 Å². The molecule has 0 radical (unpaired) electrons. The first kappa shape index (κ1) is 29.5. The first-order valence-electron chi connectivity index (χ1n) is 12.3. The van der Waals surface area contributed by atoms with Gasteiger partial charge in [0.2, 0.25) is 0 Å². The van der Waals surface area contributed by atoms with Crippen molar-refractivity contribution in [2.75, 3.05) is 17.3 Å². The highest BCUT2D eigenvalue weighted by Gasteiger charge is 2.31. The smallest absolute Gasteiger partial charge is 0.406 e. The number of hydrogen-bond acceptors (Lipinski definition) is 5. The second kappa shape index (κ2) is 11.9. The van der Waals surface area contributed by atoms with Crippen LogP contribution in [0.25, 0.3) is 10.9 Å². The van der Waals surface area contributed by atoms with Crippen LogP contribution in [-0.2, 0) is 7.05 Å². The highest BCUT2D eigenvalue weighted by Crippen LogP contribution is 2.28. The van der Waals surface area contributed by atoms with E-state index in [-0.39, 0.29) is 27.8 Å². The van der Waals surface area contributed by atoms with Crippen molar-refractivity contribution < 1.29 is 27.1 Å². The lowest BCUT2D eigenvalue weighted by Gasteiger charge is -2.17. The van der Waals surface area contributed by atoms with E-state index >= 15 is 4.39 Å². The van der Waals surface area contributed by atoms with Crippen molar-refractivity contribution in [2.24, 2.45) is 12.1 Å². The molecule has 2 N–H and O–H groups in total. The van der Waals surface area contributed by atoms with Gasteiger partial charge in [-0.2, -0.15) is 10.2 Å². The summed E-state index contributed by atoms with van der Waals surface area (Å²) < 4.78 is 57.8. The lowest BCUT2D eigenvalue weighted by atomic mass is 10.0. The molecule has 3 aromatic carbocycles. The second-order valence-electron chi connectivity index (χ2n) is 9.34. The maximum Gasteiger partial charge on any atom is 0.573 e. The SMILES string of the molecule is CC(C)c1ccccc1NC(=S)N/N=C/c1cc(F)c2c(C(=O)N(C)c3ccc(OC(F)(F)F)cc3)nn(C)c2c1. The first-order valence-corrected chi connectivity index (χ1v) is 12.7. The average Bonchev–Trinajstić information content (AvgIpc) is 3.24. The third-order valence-electron chi connectivity index (χ3n) is 6.10. The fraction of sp³-hybridized carbons (Fsp3) is 0.214. The third-order valence-corrected chi connectivity index (χ3v) is 6.30. The predicted octanol–water partition coefficient (Wildman–Crippen LogP) is 6.33. The zero-order chi connectivity index (χ0) is 29.9. The Kier molecular flexibility index (Phi) is 8.57. The molecule has 0 bridgehead atoms. The molecule has 0 saturated carbocycles. The van der Waals surface area contributed by atoms with Crippen LogP contribution < -0.4 is 20.4 Å². The van der Waals surface area contributed by atoms with Crippen molar-refractivity contribution in [3.05, 3.63) is 83.3 Å². The number of anilines is 2. The molecule has 0 aliphatic heterocycles. The van der Waals surface area contributed by atoms with Gasteiger partial charge < -0.3 is 15.0 Å². The van der Waals surface area contributed by atoms with Crippen LogP contribution in [0.2, 0.25) is 0 Å². The van der Waals surface area contributed by atoms with Gasteiger partial charge in [-0.05, 0) is 71.7 Å². The number of hydrogen-bond donors (Lipinski definition) is 2. The minimum absolute atomic E-state index is 0.00559. The molecule has 4 rings (SSSR count). The first-order chi connectivity index (χ1) is 19.3. The van der Waals surface area contributed by atoms with Crippen LogP contribution in [0.15, 0.2) is 65.8 Å². The molecule has 0 unspecified atom stereocenters. The molecule has 41 heavy (non-hydrogen) atoms. The highest BCUT2D eigenvalue weighted by molar-refractivity contribution is 7.80. The molecular weight excluding hydrogens is 560 g/mol. The average molecular weight is 587 g/mol. The fourth-order valence-electron chi connectivity index (χ4n) is 4.16. The van der Waals surface area contributed by atoms with Crippen molar-refractivity contribution >= 4 is 51.7 Å². The summed E-state index contributed by atoms with van der Waals surface area (Å²) in [5, 5.41) is 11.7. The van der Waals surface area contributed by atoms with Gasteiger partial charge in [0.1, 0.15) is 11.6 Å². The number of halogens is 4. The maximum absolute atomic E-state index is 15.3. The molecule has 0 atom stereocenters. The number of thiocarbonyl (C=S) groups is 1. The molecule has 0 saturated heterocycles. The Labute approximate surface area is 238 Å². The zero-order valence-electron chi connectivity index (χ0n) is 22.5. The monoisotopic (exact) mass is 586 g/mol. The molecule has 0 aliphatic rings. The summed E-state index contributed by atoms with van der Waals surface area (Å²) in [4.78, 5) is 14.4. The maximum atomic E-state index is 15.3. The van der Waals surface area contributed by atoms with Crippen molar-refractivity contribution in [3.63, 3.8) is 0 Å². The summed E-state index contributed by atoms with van der Waals surface area (Å²) in [5.41, 5.74) is 5.49. The van der Waals surface area contributed by atoms with Gasteiger partial charge >= 0.3 is 6.36 Å². The van der Waals surface area contributed by atoms with Crippen LogP contribution in [0.4, 0.5) is 28.9 Å². The summed E-state index contributed by atoms with van der Waals surface area (Å²) in [5.74, 6) is -1.50. The Balaban J connectivity index is 1.50. The molecule has 0 spiro atoms.